The number of piperazine rings is 1. The fourth-order valence-corrected chi connectivity index (χ4v) is 1.53. The van der Waals surface area contributed by atoms with Gasteiger partial charge in [0.15, 0.2) is 0 Å². The van der Waals surface area contributed by atoms with Gasteiger partial charge in [-0.2, -0.15) is 0 Å². The molecule has 0 spiro atoms. The number of carbonyl (C=O) groups is 1. The van der Waals surface area contributed by atoms with Crippen LogP contribution in [0.15, 0.2) is 0 Å². The molecule has 1 aliphatic heterocycles. The van der Waals surface area contributed by atoms with Gasteiger partial charge >= 0.3 is 6.03 Å². The molecule has 80 valence electrons. The maximum absolute atomic E-state index is 10.8. The van der Waals surface area contributed by atoms with E-state index in [9.17, 15) is 4.79 Å². The third kappa shape index (κ3) is 2.35. The summed E-state index contributed by atoms with van der Waals surface area (Å²) in [5.74, 6) is 0.164. The second-order valence-electron chi connectivity index (χ2n) is 3.49. The number of nitrogens with one attached hydrogen (secondary N) is 1. The molecule has 5 N–H and O–H groups in total. The maximum atomic E-state index is 10.8. The van der Waals surface area contributed by atoms with Crippen molar-refractivity contribution in [3.63, 3.8) is 0 Å². The van der Waals surface area contributed by atoms with Gasteiger partial charge in [-0.15, -0.1) is 0 Å². The second-order valence-corrected chi connectivity index (χ2v) is 3.49. The summed E-state index contributed by atoms with van der Waals surface area (Å²) in [6.45, 7) is 4.58. The van der Waals surface area contributed by atoms with Crippen LogP contribution in [0.2, 0.25) is 0 Å². The molecular weight excluding hydrogens is 182 g/mol. The summed E-state index contributed by atoms with van der Waals surface area (Å²) in [5.41, 5.74) is 10.5. The lowest BCUT2D eigenvalue weighted by Crippen LogP contribution is -2.55. The van der Waals surface area contributed by atoms with Crippen LogP contribution in [0.4, 0.5) is 4.79 Å². The molecule has 0 aromatic carbocycles. The van der Waals surface area contributed by atoms with Crippen LogP contribution in [-0.4, -0.2) is 53.9 Å². The molecule has 1 unspecified atom stereocenters. The molecule has 0 bridgehead atoms. The zero-order valence-electron chi connectivity index (χ0n) is 8.36. The van der Waals surface area contributed by atoms with Crippen LogP contribution < -0.4 is 11.5 Å². The Balaban J connectivity index is 2.43. The molecule has 0 aromatic rings. The van der Waals surface area contributed by atoms with Crippen molar-refractivity contribution in [2.75, 3.05) is 26.2 Å². The monoisotopic (exact) mass is 199 g/mol. The van der Waals surface area contributed by atoms with Gasteiger partial charge in [-0.05, 0) is 6.92 Å². The van der Waals surface area contributed by atoms with Gasteiger partial charge in [-0.25, -0.2) is 4.79 Å². The number of hydrogen-bond acceptors (Lipinski definition) is 3. The van der Waals surface area contributed by atoms with E-state index >= 15 is 0 Å². The Bertz CT molecular complexity index is 234. The first-order chi connectivity index (χ1) is 6.52. The number of nitrogens with zero attached hydrogens (tertiary/aromatic N) is 2. The fraction of sp³-hybridized carbons (Fsp3) is 0.750. The van der Waals surface area contributed by atoms with Crippen molar-refractivity contribution in [3.8, 4) is 0 Å². The van der Waals surface area contributed by atoms with Crippen molar-refractivity contribution >= 4 is 11.9 Å². The summed E-state index contributed by atoms with van der Waals surface area (Å²) < 4.78 is 0. The van der Waals surface area contributed by atoms with Gasteiger partial charge in [0.05, 0.1) is 6.04 Å². The molecule has 2 amide bonds. The van der Waals surface area contributed by atoms with Gasteiger partial charge in [-0.1, -0.05) is 0 Å². The van der Waals surface area contributed by atoms with E-state index < -0.39 is 0 Å². The highest BCUT2D eigenvalue weighted by Gasteiger charge is 2.23. The largest absolute Gasteiger partial charge is 0.386 e. The lowest BCUT2D eigenvalue weighted by Gasteiger charge is -2.36. The Morgan fingerprint density at radius 3 is 2.14 bits per heavy atom. The Morgan fingerprint density at radius 1 is 1.29 bits per heavy atom. The third-order valence-corrected chi connectivity index (χ3v) is 2.62. The molecule has 0 saturated carbocycles. The molecule has 1 saturated heterocycles. The minimum Gasteiger partial charge on any atom is -0.386 e. The Morgan fingerprint density at radius 2 is 1.79 bits per heavy atom. The van der Waals surface area contributed by atoms with Crippen molar-refractivity contribution in [3.05, 3.63) is 0 Å². The predicted octanol–water partition coefficient (Wildman–Crippen LogP) is -0.993. The van der Waals surface area contributed by atoms with E-state index in [1.165, 1.54) is 0 Å². The first-order valence-corrected chi connectivity index (χ1v) is 4.64. The molecule has 1 aliphatic rings. The van der Waals surface area contributed by atoms with Crippen LogP contribution in [0.25, 0.3) is 0 Å². The Hall–Kier alpha value is -1.30. The van der Waals surface area contributed by atoms with E-state index in [2.05, 4.69) is 4.90 Å². The van der Waals surface area contributed by atoms with E-state index in [0.717, 1.165) is 13.1 Å². The molecule has 0 radical (unpaired) electrons. The first-order valence-electron chi connectivity index (χ1n) is 4.64. The lowest BCUT2D eigenvalue weighted by atomic mass is 10.2. The molecule has 0 aromatic heterocycles. The Kier molecular flexibility index (Phi) is 3.29. The number of hydrogen-bond donors (Lipinski definition) is 3. The number of rotatable bonds is 2. The normalized spacial score (nSPS) is 20.5. The summed E-state index contributed by atoms with van der Waals surface area (Å²) in [4.78, 5) is 14.5. The quantitative estimate of drug-likeness (QED) is 0.393. The highest BCUT2D eigenvalue weighted by atomic mass is 16.2. The van der Waals surface area contributed by atoms with Crippen LogP contribution in [0.1, 0.15) is 6.92 Å². The van der Waals surface area contributed by atoms with Gasteiger partial charge in [0.1, 0.15) is 5.84 Å². The number of carbonyl (C=O) groups excluding carboxylic acids is 1. The standard InChI is InChI=1S/C8H17N5O/c1-6(7(9)10)12-2-4-13(5-3-12)8(11)14/h6H,2-5H2,1H3,(H3,9,10)(H2,11,14). The molecule has 1 heterocycles. The lowest BCUT2D eigenvalue weighted by molar-refractivity contribution is 0.136. The molecule has 6 heteroatoms. The molecule has 14 heavy (non-hydrogen) atoms. The molecule has 1 rings (SSSR count). The molecule has 6 nitrogen and oxygen atoms in total. The first kappa shape index (κ1) is 10.8. The number of amidine groups is 1. The average molecular weight is 199 g/mol. The van der Waals surface area contributed by atoms with Gasteiger partial charge in [0.2, 0.25) is 0 Å². The van der Waals surface area contributed by atoms with Gasteiger partial charge in [0, 0.05) is 26.2 Å². The summed E-state index contributed by atoms with van der Waals surface area (Å²) in [6, 6.07) is -0.426. The average Bonchev–Trinajstić information content (AvgIpc) is 2.16. The number of amides is 2. The van der Waals surface area contributed by atoms with Crippen molar-refractivity contribution < 1.29 is 4.79 Å². The molecule has 1 atom stereocenters. The maximum Gasteiger partial charge on any atom is 0.314 e. The summed E-state index contributed by atoms with van der Waals surface area (Å²) >= 11 is 0. The van der Waals surface area contributed by atoms with Crippen LogP contribution in [0, 0.1) is 5.41 Å². The summed E-state index contributed by atoms with van der Waals surface area (Å²) in [7, 11) is 0. The minimum atomic E-state index is -0.375. The summed E-state index contributed by atoms with van der Waals surface area (Å²) in [6.07, 6.45) is 0. The van der Waals surface area contributed by atoms with Gasteiger partial charge in [0.25, 0.3) is 0 Å². The zero-order chi connectivity index (χ0) is 10.7. The van der Waals surface area contributed by atoms with Gasteiger partial charge in [-0.3, -0.25) is 10.3 Å². The molecule has 1 fully saturated rings. The van der Waals surface area contributed by atoms with Crippen LogP contribution >= 0.6 is 0 Å². The minimum absolute atomic E-state index is 0.0509. The number of nitrogens with two attached hydrogens (primary N) is 2. The highest BCUT2D eigenvalue weighted by molar-refractivity contribution is 5.82. The van der Waals surface area contributed by atoms with Crippen molar-refractivity contribution in [1.82, 2.24) is 9.80 Å². The van der Waals surface area contributed by atoms with E-state index in [0.29, 0.717) is 13.1 Å². The van der Waals surface area contributed by atoms with E-state index in [1.54, 1.807) is 4.90 Å². The molecule has 0 aliphatic carbocycles. The number of primary amides is 1. The SMILES string of the molecule is CC(C(=N)N)N1CCN(C(N)=O)CC1. The molecular formula is C8H17N5O. The van der Waals surface area contributed by atoms with E-state index in [-0.39, 0.29) is 17.9 Å². The zero-order valence-corrected chi connectivity index (χ0v) is 8.36. The Labute approximate surface area is 83.3 Å². The van der Waals surface area contributed by atoms with E-state index in [4.69, 9.17) is 16.9 Å². The van der Waals surface area contributed by atoms with Crippen molar-refractivity contribution in [1.29, 1.82) is 5.41 Å². The smallest absolute Gasteiger partial charge is 0.314 e. The second kappa shape index (κ2) is 4.28. The summed E-state index contributed by atoms with van der Waals surface area (Å²) in [5, 5.41) is 7.30. The van der Waals surface area contributed by atoms with E-state index in [1.807, 2.05) is 6.92 Å². The highest BCUT2D eigenvalue weighted by Crippen LogP contribution is 2.05. The van der Waals surface area contributed by atoms with Crippen molar-refractivity contribution in [2.45, 2.75) is 13.0 Å². The van der Waals surface area contributed by atoms with Crippen molar-refractivity contribution in [2.24, 2.45) is 11.5 Å². The van der Waals surface area contributed by atoms with Crippen LogP contribution in [0.3, 0.4) is 0 Å². The number of urea groups is 1. The third-order valence-electron chi connectivity index (χ3n) is 2.62. The van der Waals surface area contributed by atoms with Crippen LogP contribution in [-0.2, 0) is 0 Å². The fourth-order valence-electron chi connectivity index (χ4n) is 1.53. The van der Waals surface area contributed by atoms with Crippen LogP contribution in [0.5, 0.6) is 0 Å². The topological polar surface area (TPSA) is 99.4 Å². The van der Waals surface area contributed by atoms with Gasteiger partial charge < -0.3 is 16.4 Å². The predicted molar refractivity (Wildman–Crippen MR) is 54.1 cm³/mol.